The fourth-order valence-electron chi connectivity index (χ4n) is 4.23. The molecular formula is C18H26O3. The summed E-state index contributed by atoms with van der Waals surface area (Å²) in [7, 11) is 0. The van der Waals surface area contributed by atoms with Crippen LogP contribution >= 0.6 is 0 Å². The van der Waals surface area contributed by atoms with Gasteiger partial charge in [-0.05, 0) is 55.4 Å². The van der Waals surface area contributed by atoms with Crippen LogP contribution in [0.3, 0.4) is 0 Å². The molecule has 1 N–H and O–H groups in total. The molecule has 3 heteroatoms. The molecule has 0 aromatic rings. The number of cyclic esters (lactones) is 1. The first kappa shape index (κ1) is 14.8. The van der Waals surface area contributed by atoms with Crippen LogP contribution in [0.25, 0.3) is 0 Å². The predicted molar refractivity (Wildman–Crippen MR) is 81.6 cm³/mol. The van der Waals surface area contributed by atoms with Crippen LogP contribution in [0.15, 0.2) is 23.8 Å². The Labute approximate surface area is 127 Å². The first-order chi connectivity index (χ1) is 10.1. The van der Waals surface area contributed by atoms with Gasteiger partial charge in [-0.15, -0.1) is 0 Å². The van der Waals surface area contributed by atoms with Crippen molar-refractivity contribution in [2.24, 2.45) is 17.8 Å². The van der Waals surface area contributed by atoms with Gasteiger partial charge in [0.1, 0.15) is 6.10 Å². The maximum atomic E-state index is 11.4. The van der Waals surface area contributed by atoms with E-state index < -0.39 is 6.10 Å². The average molecular weight is 290 g/mol. The lowest BCUT2D eigenvalue weighted by molar-refractivity contribution is -0.160. The van der Waals surface area contributed by atoms with Crippen molar-refractivity contribution in [3.63, 3.8) is 0 Å². The molecule has 0 bridgehead atoms. The Hall–Kier alpha value is -1.09. The van der Waals surface area contributed by atoms with Crippen molar-refractivity contribution in [3.8, 4) is 0 Å². The Bertz CT molecular complexity index is 451. The van der Waals surface area contributed by atoms with Gasteiger partial charge in [-0.3, -0.25) is 4.79 Å². The maximum absolute atomic E-state index is 11.4. The molecule has 0 amide bonds. The molecule has 1 unspecified atom stereocenters. The molecule has 1 heterocycles. The van der Waals surface area contributed by atoms with Gasteiger partial charge in [0.15, 0.2) is 0 Å². The zero-order valence-electron chi connectivity index (χ0n) is 12.8. The minimum absolute atomic E-state index is 0.0876. The van der Waals surface area contributed by atoms with E-state index in [0.717, 1.165) is 12.8 Å². The van der Waals surface area contributed by atoms with Gasteiger partial charge in [0.25, 0.3) is 0 Å². The van der Waals surface area contributed by atoms with Crippen molar-refractivity contribution in [1.82, 2.24) is 0 Å². The molecule has 0 spiro atoms. The van der Waals surface area contributed by atoms with E-state index in [9.17, 15) is 9.90 Å². The molecule has 116 valence electrons. The number of aliphatic hydroxyl groups is 1. The number of carbonyl (C=O) groups excluding carboxylic acids is 1. The second kappa shape index (κ2) is 6.35. The van der Waals surface area contributed by atoms with E-state index in [1.54, 1.807) is 0 Å². The third-order valence-corrected chi connectivity index (χ3v) is 5.37. The summed E-state index contributed by atoms with van der Waals surface area (Å²) < 4.78 is 5.39. The second-order valence-electron chi connectivity index (χ2n) is 6.91. The number of allylic oxidation sites excluding steroid dienone is 4. The molecule has 1 saturated heterocycles. The number of fused-ring (bicyclic) bond motifs is 1. The summed E-state index contributed by atoms with van der Waals surface area (Å²) in [5.41, 5.74) is 1.52. The molecule has 3 rings (SSSR count). The van der Waals surface area contributed by atoms with Crippen molar-refractivity contribution in [3.05, 3.63) is 23.8 Å². The summed E-state index contributed by atoms with van der Waals surface area (Å²) >= 11 is 0. The molecule has 2 aliphatic carbocycles. The van der Waals surface area contributed by atoms with Crippen LogP contribution in [0.4, 0.5) is 0 Å². The summed E-state index contributed by atoms with van der Waals surface area (Å²) in [5.74, 6) is 1.69. The molecule has 0 radical (unpaired) electrons. The fraction of sp³-hybridized carbons (Fsp3) is 0.722. The van der Waals surface area contributed by atoms with Gasteiger partial charge in [0, 0.05) is 6.42 Å². The van der Waals surface area contributed by atoms with Gasteiger partial charge in [-0.1, -0.05) is 25.2 Å². The first-order valence-electron chi connectivity index (χ1n) is 8.39. The number of hydrogen-bond donors (Lipinski definition) is 1. The molecule has 0 aromatic heterocycles. The van der Waals surface area contributed by atoms with Gasteiger partial charge >= 0.3 is 5.97 Å². The number of rotatable bonds is 3. The zero-order chi connectivity index (χ0) is 14.8. The number of ether oxygens (including phenoxy) is 1. The van der Waals surface area contributed by atoms with Gasteiger partial charge in [0.05, 0.1) is 12.5 Å². The molecule has 0 saturated carbocycles. The lowest BCUT2D eigenvalue weighted by Gasteiger charge is -2.38. The Morgan fingerprint density at radius 2 is 2.24 bits per heavy atom. The number of carbonyl (C=O) groups is 1. The third-order valence-electron chi connectivity index (χ3n) is 5.37. The topological polar surface area (TPSA) is 46.5 Å². The Morgan fingerprint density at radius 3 is 3.05 bits per heavy atom. The van der Waals surface area contributed by atoms with Crippen LogP contribution in [0.2, 0.25) is 0 Å². The van der Waals surface area contributed by atoms with Crippen molar-refractivity contribution in [2.75, 3.05) is 0 Å². The van der Waals surface area contributed by atoms with Crippen LogP contribution < -0.4 is 0 Å². The fourth-order valence-corrected chi connectivity index (χ4v) is 4.23. The predicted octanol–water partition coefficient (Wildman–Crippen LogP) is 3.38. The van der Waals surface area contributed by atoms with Crippen LogP contribution in [-0.4, -0.2) is 23.3 Å². The SMILES string of the molecule is C[C@H]1C=CC2=CCCCC2[C@H]1CC[C@@H]1C[C@@H](O)CC(=O)O1. The maximum Gasteiger partial charge on any atom is 0.308 e. The monoisotopic (exact) mass is 290 g/mol. The van der Waals surface area contributed by atoms with Crippen molar-refractivity contribution in [1.29, 1.82) is 0 Å². The number of aliphatic hydroxyl groups excluding tert-OH is 1. The van der Waals surface area contributed by atoms with Crippen LogP contribution in [-0.2, 0) is 9.53 Å². The highest BCUT2D eigenvalue weighted by Gasteiger charge is 2.33. The minimum Gasteiger partial charge on any atom is -0.462 e. The number of hydrogen-bond acceptors (Lipinski definition) is 3. The highest BCUT2D eigenvalue weighted by atomic mass is 16.5. The van der Waals surface area contributed by atoms with Gasteiger partial charge in [-0.2, -0.15) is 0 Å². The van der Waals surface area contributed by atoms with Crippen LogP contribution in [0.1, 0.15) is 51.9 Å². The molecule has 3 nitrogen and oxygen atoms in total. The Balaban J connectivity index is 1.61. The summed E-state index contributed by atoms with van der Waals surface area (Å²) in [6, 6.07) is 0. The average Bonchev–Trinajstić information content (AvgIpc) is 2.45. The molecular weight excluding hydrogens is 264 g/mol. The molecule has 1 aliphatic heterocycles. The molecule has 3 aliphatic rings. The summed E-state index contributed by atoms with van der Waals surface area (Å²) in [6.07, 6.45) is 13.0. The van der Waals surface area contributed by atoms with Gasteiger partial charge in [-0.25, -0.2) is 0 Å². The van der Waals surface area contributed by atoms with Crippen molar-refractivity contribution < 1.29 is 14.6 Å². The Kier molecular flexibility index (Phi) is 4.48. The highest BCUT2D eigenvalue weighted by Crippen LogP contribution is 2.42. The highest BCUT2D eigenvalue weighted by molar-refractivity contribution is 5.70. The van der Waals surface area contributed by atoms with E-state index in [2.05, 4.69) is 25.2 Å². The van der Waals surface area contributed by atoms with E-state index in [1.807, 2.05) is 0 Å². The largest absolute Gasteiger partial charge is 0.462 e. The van der Waals surface area contributed by atoms with Gasteiger partial charge < -0.3 is 9.84 Å². The van der Waals surface area contributed by atoms with Gasteiger partial charge in [0.2, 0.25) is 0 Å². The smallest absolute Gasteiger partial charge is 0.308 e. The molecule has 1 fully saturated rings. The summed E-state index contributed by atoms with van der Waals surface area (Å²) in [6.45, 7) is 2.30. The molecule has 0 aromatic carbocycles. The van der Waals surface area contributed by atoms with Crippen LogP contribution in [0, 0.1) is 17.8 Å². The van der Waals surface area contributed by atoms with E-state index in [4.69, 9.17) is 4.74 Å². The lowest BCUT2D eigenvalue weighted by Crippen LogP contribution is -2.34. The number of esters is 1. The van der Waals surface area contributed by atoms with Crippen molar-refractivity contribution in [2.45, 2.75) is 64.1 Å². The first-order valence-corrected chi connectivity index (χ1v) is 8.39. The summed E-state index contributed by atoms with van der Waals surface area (Å²) in [4.78, 5) is 11.4. The minimum atomic E-state index is -0.509. The molecule has 5 atom stereocenters. The molecule has 21 heavy (non-hydrogen) atoms. The van der Waals surface area contributed by atoms with Crippen LogP contribution in [0.5, 0.6) is 0 Å². The van der Waals surface area contributed by atoms with E-state index in [-0.39, 0.29) is 18.5 Å². The Morgan fingerprint density at radius 1 is 1.38 bits per heavy atom. The third kappa shape index (κ3) is 3.39. The quantitative estimate of drug-likeness (QED) is 0.811. The van der Waals surface area contributed by atoms with E-state index in [1.165, 1.54) is 24.8 Å². The lowest BCUT2D eigenvalue weighted by atomic mass is 9.68. The standard InChI is InChI=1S/C18H26O3/c1-12-6-7-13-4-2-3-5-17(13)16(12)9-8-15-10-14(19)11-18(20)21-15/h4,6-7,12,14-17,19H,2-3,5,8-11H2,1H3/t12-,14+,15+,16-,17?/m0/s1. The zero-order valence-corrected chi connectivity index (χ0v) is 12.8. The van der Waals surface area contributed by atoms with E-state index in [0.29, 0.717) is 24.2 Å². The summed E-state index contributed by atoms with van der Waals surface area (Å²) in [5, 5.41) is 9.71. The van der Waals surface area contributed by atoms with Crippen molar-refractivity contribution >= 4 is 5.97 Å². The van der Waals surface area contributed by atoms with E-state index >= 15 is 0 Å². The second-order valence-corrected chi connectivity index (χ2v) is 6.91. The normalized spacial score (nSPS) is 39.4.